The zero-order valence-corrected chi connectivity index (χ0v) is 16.0. The van der Waals surface area contributed by atoms with Crippen molar-refractivity contribution in [2.45, 2.75) is 46.2 Å². The first kappa shape index (κ1) is 17.6. The molecule has 0 N–H and O–H groups in total. The largest absolute Gasteiger partial charge is 0.516 e. The first-order valence-electron chi connectivity index (χ1n) is 7.06. The van der Waals surface area contributed by atoms with Gasteiger partial charge in [0.2, 0.25) is 14.2 Å². The topological polar surface area (TPSA) is 46.6 Å². The molecule has 0 fully saturated rings. The van der Waals surface area contributed by atoms with E-state index in [4.69, 9.17) is 4.43 Å². The van der Waals surface area contributed by atoms with Crippen LogP contribution in [0.2, 0.25) is 39.3 Å². The highest BCUT2D eigenvalue weighted by Crippen LogP contribution is 2.27. The summed E-state index contributed by atoms with van der Waals surface area (Å²) in [5.41, 5.74) is 1.13. The fraction of sp³-hybridized carbons (Fsp3) is 0.467. The summed E-state index contributed by atoms with van der Waals surface area (Å²) < 4.78 is 7.36. The molecule has 116 valence electrons. The van der Waals surface area contributed by atoms with Gasteiger partial charge in [-0.15, -0.1) is 0 Å². The average molecular weight is 324 g/mol. The van der Waals surface area contributed by atoms with Crippen LogP contribution in [0.1, 0.15) is 17.3 Å². The Morgan fingerprint density at radius 2 is 1.52 bits per heavy atom. The molecule has 0 radical (unpaired) electrons. The molecular weight excluding hydrogens is 298 g/mol. The third-order valence-electron chi connectivity index (χ3n) is 2.75. The molecule has 0 aromatic heterocycles. The molecule has 0 aliphatic rings. The summed E-state index contributed by atoms with van der Waals surface area (Å²) in [6.07, 6.45) is 0. The van der Waals surface area contributed by atoms with Crippen molar-refractivity contribution in [2.75, 3.05) is 4.57 Å². The molecule has 0 unspecified atom stereocenters. The second kappa shape index (κ2) is 6.15. The van der Waals surface area contributed by atoms with Gasteiger partial charge in [0.15, 0.2) is 8.24 Å². The van der Waals surface area contributed by atoms with Crippen molar-refractivity contribution in [1.29, 1.82) is 0 Å². The summed E-state index contributed by atoms with van der Waals surface area (Å²) in [6.45, 7) is 13.7. The number of carbonyl (C=O) groups is 2. The van der Waals surface area contributed by atoms with Crippen molar-refractivity contribution in [3.8, 4) is 0 Å². The Morgan fingerprint density at radius 1 is 1.00 bits per heavy atom. The van der Waals surface area contributed by atoms with Gasteiger partial charge < -0.3 is 8.99 Å². The maximum absolute atomic E-state index is 12.4. The number of carbonyl (C=O) groups excluding carboxylic acids is 2. The summed E-state index contributed by atoms with van der Waals surface area (Å²) in [6, 6.07) is 7.19. The SMILES string of the molecule is CC(=O)N(c1ccccc1C(=O)O[Si](C)(C)C)[Si](C)(C)C. The Balaban J connectivity index is 3.32. The minimum Gasteiger partial charge on any atom is -0.516 e. The van der Waals surface area contributed by atoms with E-state index in [0.717, 1.165) is 0 Å². The Bertz CT molecular complexity index is 545. The van der Waals surface area contributed by atoms with Crippen LogP contribution in [0.4, 0.5) is 5.69 Å². The quantitative estimate of drug-likeness (QED) is 0.790. The van der Waals surface area contributed by atoms with E-state index in [1.165, 1.54) is 0 Å². The van der Waals surface area contributed by atoms with E-state index in [2.05, 4.69) is 19.6 Å². The van der Waals surface area contributed by atoms with Crippen LogP contribution in [0.5, 0.6) is 0 Å². The first-order valence-corrected chi connectivity index (χ1v) is 13.9. The van der Waals surface area contributed by atoms with Gasteiger partial charge in [-0.3, -0.25) is 4.79 Å². The predicted octanol–water partition coefficient (Wildman–Crippen LogP) is 3.87. The van der Waals surface area contributed by atoms with Gasteiger partial charge >= 0.3 is 5.97 Å². The Morgan fingerprint density at radius 3 is 1.95 bits per heavy atom. The van der Waals surface area contributed by atoms with Gasteiger partial charge in [-0.05, 0) is 31.8 Å². The van der Waals surface area contributed by atoms with Crippen molar-refractivity contribution in [2.24, 2.45) is 0 Å². The number of hydrogen-bond acceptors (Lipinski definition) is 3. The van der Waals surface area contributed by atoms with Crippen LogP contribution in [0.15, 0.2) is 24.3 Å². The molecule has 6 heteroatoms. The summed E-state index contributed by atoms with van der Waals surface area (Å²) in [5, 5.41) is 0. The number of rotatable bonds is 4. The van der Waals surface area contributed by atoms with Crippen molar-refractivity contribution in [3.05, 3.63) is 29.8 Å². The van der Waals surface area contributed by atoms with Gasteiger partial charge in [-0.25, -0.2) is 4.79 Å². The molecule has 0 heterocycles. The van der Waals surface area contributed by atoms with Gasteiger partial charge in [0.05, 0.1) is 5.56 Å². The maximum atomic E-state index is 12.4. The molecule has 0 aliphatic heterocycles. The number of benzene rings is 1. The lowest BCUT2D eigenvalue weighted by molar-refractivity contribution is -0.115. The summed E-state index contributed by atoms with van der Waals surface area (Å²) in [7, 11) is -3.91. The van der Waals surface area contributed by atoms with Gasteiger partial charge in [0, 0.05) is 12.6 Å². The summed E-state index contributed by atoms with van der Waals surface area (Å²) >= 11 is 0. The molecule has 21 heavy (non-hydrogen) atoms. The number of amides is 1. The van der Waals surface area contributed by atoms with Crippen molar-refractivity contribution < 1.29 is 14.0 Å². The van der Waals surface area contributed by atoms with E-state index >= 15 is 0 Å². The van der Waals surface area contributed by atoms with Crippen LogP contribution in [-0.2, 0) is 9.22 Å². The standard InChI is InChI=1S/C15H25NO3Si2/c1-12(17)16(20(2,3)4)14-11-9-8-10-13(14)15(18)19-21(5,6)7/h8-11H,1-7H3. The van der Waals surface area contributed by atoms with E-state index in [1.54, 1.807) is 23.6 Å². The minimum absolute atomic E-state index is 0.0394. The highest BCUT2D eigenvalue weighted by Gasteiger charge is 2.32. The number of anilines is 1. The van der Waals surface area contributed by atoms with Gasteiger partial charge in [-0.1, -0.05) is 31.8 Å². The van der Waals surface area contributed by atoms with Crippen LogP contribution >= 0.6 is 0 Å². The second-order valence-corrected chi connectivity index (χ2v) is 16.3. The monoisotopic (exact) mass is 323 g/mol. The minimum atomic E-state index is -1.98. The normalized spacial score (nSPS) is 12.0. The number of hydrogen-bond donors (Lipinski definition) is 0. The van der Waals surface area contributed by atoms with E-state index in [0.29, 0.717) is 11.3 Å². The Hall–Kier alpha value is -1.41. The molecule has 0 atom stereocenters. The molecular formula is C15H25NO3Si2. The van der Waals surface area contributed by atoms with Crippen LogP contribution in [0, 0.1) is 0 Å². The smallest absolute Gasteiger partial charge is 0.326 e. The zero-order chi connectivity index (χ0) is 16.4. The summed E-state index contributed by atoms with van der Waals surface area (Å²) in [4.78, 5) is 24.5. The third kappa shape index (κ3) is 4.82. The van der Waals surface area contributed by atoms with Crippen LogP contribution in [-0.4, -0.2) is 28.4 Å². The lowest BCUT2D eigenvalue weighted by Crippen LogP contribution is -2.49. The molecule has 0 saturated carbocycles. The van der Waals surface area contributed by atoms with Crippen molar-refractivity contribution in [3.63, 3.8) is 0 Å². The fourth-order valence-corrected chi connectivity index (χ4v) is 4.71. The molecule has 0 aliphatic carbocycles. The van der Waals surface area contributed by atoms with E-state index in [9.17, 15) is 9.59 Å². The molecule has 1 aromatic carbocycles. The van der Waals surface area contributed by atoms with Crippen molar-refractivity contribution >= 4 is 34.1 Å². The van der Waals surface area contributed by atoms with Crippen LogP contribution in [0.25, 0.3) is 0 Å². The Kier molecular flexibility index (Phi) is 5.17. The van der Waals surface area contributed by atoms with Gasteiger partial charge in [-0.2, -0.15) is 0 Å². The maximum Gasteiger partial charge on any atom is 0.326 e. The lowest BCUT2D eigenvalue weighted by Gasteiger charge is -2.34. The van der Waals surface area contributed by atoms with Gasteiger partial charge in [0.1, 0.15) is 0 Å². The van der Waals surface area contributed by atoms with Crippen molar-refractivity contribution in [1.82, 2.24) is 0 Å². The molecule has 1 amide bonds. The van der Waals surface area contributed by atoms with Gasteiger partial charge in [0.25, 0.3) is 0 Å². The molecule has 0 bridgehead atoms. The lowest BCUT2D eigenvalue weighted by atomic mass is 10.2. The number of nitrogens with zero attached hydrogens (tertiary/aromatic N) is 1. The molecule has 0 saturated heterocycles. The molecule has 1 aromatic rings. The molecule has 1 rings (SSSR count). The predicted molar refractivity (Wildman–Crippen MR) is 91.7 cm³/mol. The molecule has 4 nitrogen and oxygen atoms in total. The zero-order valence-electron chi connectivity index (χ0n) is 14.0. The highest BCUT2D eigenvalue weighted by atomic mass is 28.4. The third-order valence-corrected chi connectivity index (χ3v) is 5.44. The van der Waals surface area contributed by atoms with E-state index in [1.807, 2.05) is 31.8 Å². The van der Waals surface area contributed by atoms with E-state index in [-0.39, 0.29) is 11.9 Å². The van der Waals surface area contributed by atoms with Crippen LogP contribution < -0.4 is 4.57 Å². The number of para-hydroxylation sites is 1. The van der Waals surface area contributed by atoms with E-state index < -0.39 is 16.6 Å². The second-order valence-electron chi connectivity index (χ2n) is 7.04. The molecule has 0 spiro atoms. The Labute approximate surface area is 129 Å². The average Bonchev–Trinajstić information content (AvgIpc) is 2.24. The highest BCUT2D eigenvalue weighted by molar-refractivity contribution is 6.83. The fourth-order valence-electron chi connectivity index (χ4n) is 2.18. The first-order chi connectivity index (χ1) is 9.43. The summed E-state index contributed by atoms with van der Waals surface area (Å²) in [5.74, 6) is -0.378. The van der Waals surface area contributed by atoms with Crippen LogP contribution in [0.3, 0.4) is 0 Å².